The van der Waals surface area contributed by atoms with Crippen molar-refractivity contribution in [3.8, 4) is 34.4 Å². The molecule has 14 nitrogen and oxygen atoms in total. The maximum absolute atomic E-state index is 12.5. The van der Waals surface area contributed by atoms with E-state index in [1.165, 1.54) is 30.1 Å². The van der Waals surface area contributed by atoms with Gasteiger partial charge in [0.05, 0.1) is 62.3 Å². The topological polar surface area (TPSA) is 230 Å². The highest BCUT2D eigenvalue weighted by Gasteiger charge is 2.45. The first-order valence-electron chi connectivity index (χ1n) is 21.2. The molecule has 2 saturated carbocycles. The Kier molecular flexibility index (Phi) is 15.2. The molecular formula is C51H44Cl3FN10O4S2. The Morgan fingerprint density at radius 3 is 1.58 bits per heavy atom. The monoisotopic (exact) mass is 1050 g/mol. The normalized spacial score (nSPS) is 13.9. The Balaban J connectivity index is 0.000000175. The number of nitrogens with one attached hydrogen (secondary N) is 3. The molecule has 5 N–H and O–H groups in total. The highest BCUT2D eigenvalue weighted by Crippen LogP contribution is 2.50. The summed E-state index contributed by atoms with van der Waals surface area (Å²) in [7, 11) is -7.01. The third-order valence-corrected chi connectivity index (χ3v) is 13.7. The Morgan fingerprint density at radius 1 is 0.606 bits per heavy atom. The molecular weight excluding hydrogens is 1010 g/mol. The number of sulfonamides is 2. The number of rotatable bonds is 10. The third kappa shape index (κ3) is 12.3. The van der Waals surface area contributed by atoms with Crippen LogP contribution in [-0.2, 0) is 31.1 Å². The average molecular weight is 1050 g/mol. The smallest absolute Gasteiger partial charge is 0.229 e. The number of benzene rings is 4. The van der Waals surface area contributed by atoms with Gasteiger partial charge in [-0.25, -0.2) is 31.2 Å². The minimum atomic E-state index is -3.52. The van der Waals surface area contributed by atoms with Crippen LogP contribution in [0.4, 0.5) is 21.5 Å². The zero-order valence-corrected chi connectivity index (χ0v) is 41.1. The minimum absolute atomic E-state index is 0. The van der Waals surface area contributed by atoms with Crippen molar-refractivity contribution >= 4 is 93.7 Å². The molecule has 71 heavy (non-hydrogen) atoms. The molecule has 4 aromatic carbocycles. The highest BCUT2D eigenvalue weighted by molar-refractivity contribution is 7.92. The van der Waals surface area contributed by atoms with Crippen LogP contribution in [0.5, 0.6) is 0 Å². The maximum atomic E-state index is 12.5. The second-order valence-electron chi connectivity index (χ2n) is 16.8. The molecule has 0 amide bonds. The lowest BCUT2D eigenvalue weighted by molar-refractivity contribution is 0.605. The van der Waals surface area contributed by atoms with Crippen molar-refractivity contribution in [1.29, 1.82) is 10.5 Å². The summed E-state index contributed by atoms with van der Waals surface area (Å²) in [5, 5.41) is 24.4. The number of aromatic nitrogens is 4. The standard InChI is InChI=1S/C25H20ClN5O2S.C16H10Cl2N4O2S.C9H10FN.CH4/c1-34(32,33)31-22-12-17(14-29-24(22)26)16-7-8-21-20(11-16)23(18(13-27)15-28-21)30-25(9-10-25)19-5-3-2-4-6-19;1-25(23,24)22-14-5-10(7-21-16(14)18)9-2-3-13-12(4-9)15(17)11(6-19)8-20-13;10-8-3-1-7(2-4-8)9(11)5-6-9;/h2-8,11-12,14-15,31H,9-10H2,1H3,(H,28,30);2-5,7-8,22H,1H3;1-4H,5-6,11H2;1H4. The molecule has 0 bridgehead atoms. The van der Waals surface area contributed by atoms with E-state index in [1.807, 2.05) is 42.5 Å². The van der Waals surface area contributed by atoms with E-state index in [2.05, 4.69) is 52.9 Å². The summed E-state index contributed by atoms with van der Waals surface area (Å²) in [4.78, 5) is 16.8. The van der Waals surface area contributed by atoms with Crippen LogP contribution < -0.4 is 20.5 Å². The fourth-order valence-electron chi connectivity index (χ4n) is 7.58. The second-order valence-corrected chi connectivity index (χ2v) is 21.4. The van der Waals surface area contributed by atoms with E-state index in [4.69, 9.17) is 45.8 Å². The van der Waals surface area contributed by atoms with Crippen molar-refractivity contribution in [2.75, 3.05) is 27.3 Å². The molecule has 0 saturated heterocycles. The molecule has 0 aliphatic heterocycles. The molecule has 20 heteroatoms. The van der Waals surface area contributed by atoms with E-state index in [0.29, 0.717) is 32.6 Å². The van der Waals surface area contributed by atoms with Gasteiger partial charge in [0.1, 0.15) is 18.0 Å². The second kappa shape index (κ2) is 20.8. The number of nitrogens with two attached hydrogens (primary N) is 1. The molecule has 2 aliphatic rings. The molecule has 10 rings (SSSR count). The van der Waals surface area contributed by atoms with Crippen LogP contribution in [0.2, 0.25) is 15.3 Å². The van der Waals surface area contributed by atoms with E-state index < -0.39 is 20.0 Å². The molecule has 0 spiro atoms. The summed E-state index contributed by atoms with van der Waals surface area (Å²) in [5.41, 5.74) is 13.8. The van der Waals surface area contributed by atoms with Gasteiger partial charge in [-0.1, -0.05) is 96.8 Å². The summed E-state index contributed by atoms with van der Waals surface area (Å²) in [5.74, 6) is -0.196. The lowest BCUT2D eigenvalue weighted by atomic mass is 10.00. The van der Waals surface area contributed by atoms with Crippen molar-refractivity contribution in [3.05, 3.63) is 171 Å². The van der Waals surface area contributed by atoms with Gasteiger partial charge in [0.25, 0.3) is 0 Å². The molecule has 0 atom stereocenters. The summed E-state index contributed by atoms with van der Waals surface area (Å²) in [6.07, 6.45) is 12.2. The number of halogens is 4. The molecule has 2 aliphatic carbocycles. The maximum Gasteiger partial charge on any atom is 0.229 e. The van der Waals surface area contributed by atoms with E-state index in [-0.39, 0.29) is 51.6 Å². The van der Waals surface area contributed by atoms with Gasteiger partial charge in [0.15, 0.2) is 10.3 Å². The van der Waals surface area contributed by atoms with Crippen molar-refractivity contribution in [3.63, 3.8) is 0 Å². The lowest BCUT2D eigenvalue weighted by Gasteiger charge is -2.22. The van der Waals surface area contributed by atoms with E-state index in [1.54, 1.807) is 54.9 Å². The fourth-order valence-corrected chi connectivity index (χ4v) is 9.34. The van der Waals surface area contributed by atoms with Crippen LogP contribution in [0, 0.1) is 28.5 Å². The van der Waals surface area contributed by atoms with Gasteiger partial charge in [-0.2, -0.15) is 10.5 Å². The number of anilines is 3. The van der Waals surface area contributed by atoms with E-state index >= 15 is 0 Å². The van der Waals surface area contributed by atoms with Gasteiger partial charge >= 0.3 is 0 Å². The number of nitriles is 2. The Hall–Kier alpha value is -6.96. The van der Waals surface area contributed by atoms with E-state index in [9.17, 15) is 26.5 Å². The lowest BCUT2D eigenvalue weighted by Crippen LogP contribution is -2.19. The van der Waals surface area contributed by atoms with E-state index in [0.717, 1.165) is 71.5 Å². The molecule has 4 aromatic heterocycles. The zero-order chi connectivity index (χ0) is 50.0. The van der Waals surface area contributed by atoms with Crippen LogP contribution in [0.15, 0.2) is 128 Å². The summed E-state index contributed by atoms with van der Waals surface area (Å²) in [6.45, 7) is 0. The van der Waals surface area contributed by atoms with Crippen LogP contribution in [0.25, 0.3) is 44.1 Å². The zero-order valence-electron chi connectivity index (χ0n) is 37.2. The minimum Gasteiger partial charge on any atom is -0.374 e. The fraction of sp³-hybridized carbons (Fsp3) is 0.176. The number of hydrogen-bond acceptors (Lipinski definition) is 12. The van der Waals surface area contributed by atoms with Crippen LogP contribution in [0.3, 0.4) is 0 Å². The molecule has 0 radical (unpaired) electrons. The number of pyridine rings is 4. The largest absolute Gasteiger partial charge is 0.374 e. The van der Waals surface area contributed by atoms with Gasteiger partial charge < -0.3 is 11.1 Å². The van der Waals surface area contributed by atoms with Crippen LogP contribution in [-0.4, -0.2) is 49.3 Å². The number of hydrogen-bond donors (Lipinski definition) is 4. The summed E-state index contributed by atoms with van der Waals surface area (Å²) >= 11 is 18.3. The predicted molar refractivity (Wildman–Crippen MR) is 281 cm³/mol. The Labute approximate surface area is 425 Å². The summed E-state index contributed by atoms with van der Waals surface area (Å²) < 4.78 is 63.4. The SMILES string of the molecule is C.CS(=O)(=O)Nc1cc(-c2ccc3ncc(C#N)c(Cl)c3c2)cnc1Cl.CS(=O)(=O)Nc1cc(-c2ccc3ncc(C#N)c(NC4(c5ccccc5)CC4)c3c2)cnc1Cl.NC1(c2ccc(F)cc2)CC1. The molecule has 0 unspecified atom stereocenters. The summed E-state index contributed by atoms with van der Waals surface area (Å²) in [6, 6.07) is 35.1. The Bertz CT molecular complexity index is 3650. The highest BCUT2D eigenvalue weighted by atomic mass is 35.5. The van der Waals surface area contributed by atoms with Gasteiger partial charge in [-0.15, -0.1) is 0 Å². The van der Waals surface area contributed by atoms with Crippen LogP contribution >= 0.6 is 34.8 Å². The first-order chi connectivity index (χ1) is 33.3. The molecule has 362 valence electrons. The van der Waals surface area contributed by atoms with Gasteiger partial charge in [-0.3, -0.25) is 19.4 Å². The van der Waals surface area contributed by atoms with Gasteiger partial charge in [-0.05, 0) is 96.5 Å². The first-order valence-corrected chi connectivity index (χ1v) is 26.2. The van der Waals surface area contributed by atoms with Crippen molar-refractivity contribution < 1.29 is 21.2 Å². The quantitative estimate of drug-likeness (QED) is 0.0938. The first kappa shape index (κ1) is 51.9. The average Bonchev–Trinajstić information content (AvgIpc) is 4.28. The molecule has 2 fully saturated rings. The predicted octanol–water partition coefficient (Wildman–Crippen LogP) is 11.6. The van der Waals surface area contributed by atoms with Crippen molar-refractivity contribution in [2.24, 2.45) is 5.73 Å². The molecule has 4 heterocycles. The van der Waals surface area contributed by atoms with Crippen molar-refractivity contribution in [1.82, 2.24) is 19.9 Å². The van der Waals surface area contributed by atoms with Crippen LogP contribution in [0.1, 0.15) is 55.4 Å². The van der Waals surface area contributed by atoms with Crippen molar-refractivity contribution in [2.45, 2.75) is 44.2 Å². The Morgan fingerprint density at radius 2 is 1.10 bits per heavy atom. The van der Waals surface area contributed by atoms with Gasteiger partial charge in [0.2, 0.25) is 20.0 Å². The third-order valence-electron chi connectivity index (χ3n) is 11.5. The number of fused-ring (bicyclic) bond motifs is 2. The number of nitrogens with zero attached hydrogens (tertiary/aromatic N) is 6. The molecule has 8 aromatic rings. The van der Waals surface area contributed by atoms with Gasteiger partial charge in [0, 0.05) is 52.2 Å².